The van der Waals surface area contributed by atoms with E-state index in [9.17, 15) is 5.11 Å². The summed E-state index contributed by atoms with van der Waals surface area (Å²) in [4.78, 5) is 9.23. The Hall–Kier alpha value is -2.67. The summed E-state index contributed by atoms with van der Waals surface area (Å²) in [5, 5.41) is 22.8. The number of aliphatic hydroxyl groups is 1. The molecule has 0 bridgehead atoms. The number of aliphatic hydroxyl groups excluding tert-OH is 1. The van der Waals surface area contributed by atoms with Crippen LogP contribution in [0.3, 0.4) is 0 Å². The van der Waals surface area contributed by atoms with Gasteiger partial charge in [-0.1, -0.05) is 54.1 Å². The SMILES string of the molecule is N=C1C(c2nc(-c3cccc(Cl)c3)cs2)=C(O)CN1C1CCN(Cc2ccccc2)CC1. The van der Waals surface area contributed by atoms with Gasteiger partial charge in [0.05, 0.1) is 17.8 Å². The topological polar surface area (TPSA) is 63.5 Å². The third-order valence-corrected chi connectivity index (χ3v) is 7.31. The maximum Gasteiger partial charge on any atom is 0.135 e. The highest BCUT2D eigenvalue weighted by molar-refractivity contribution is 7.11. The Morgan fingerprint density at radius 2 is 1.88 bits per heavy atom. The van der Waals surface area contributed by atoms with E-state index in [2.05, 4.69) is 29.2 Å². The second kappa shape index (κ2) is 9.06. The molecule has 7 heteroatoms. The number of hydrogen-bond donors (Lipinski definition) is 2. The highest BCUT2D eigenvalue weighted by Gasteiger charge is 2.35. The molecule has 3 aromatic rings. The highest BCUT2D eigenvalue weighted by atomic mass is 35.5. The van der Waals surface area contributed by atoms with E-state index in [0.717, 1.165) is 43.7 Å². The number of nitrogens with zero attached hydrogens (tertiary/aromatic N) is 3. The largest absolute Gasteiger partial charge is 0.510 e. The number of rotatable bonds is 5. The summed E-state index contributed by atoms with van der Waals surface area (Å²) in [5.74, 6) is 0.629. The predicted molar refractivity (Wildman–Crippen MR) is 131 cm³/mol. The molecule has 5 nitrogen and oxygen atoms in total. The van der Waals surface area contributed by atoms with Gasteiger partial charge >= 0.3 is 0 Å². The van der Waals surface area contributed by atoms with Crippen LogP contribution in [0.4, 0.5) is 0 Å². The van der Waals surface area contributed by atoms with Gasteiger partial charge in [0.25, 0.3) is 0 Å². The number of hydrogen-bond acceptors (Lipinski definition) is 5. The fourth-order valence-electron chi connectivity index (χ4n) is 4.54. The van der Waals surface area contributed by atoms with E-state index in [1.165, 1.54) is 16.9 Å². The molecule has 0 aliphatic carbocycles. The molecule has 2 N–H and O–H groups in total. The number of piperidine rings is 1. The smallest absolute Gasteiger partial charge is 0.135 e. The van der Waals surface area contributed by atoms with Gasteiger partial charge in [-0.05, 0) is 30.5 Å². The minimum Gasteiger partial charge on any atom is -0.510 e. The van der Waals surface area contributed by atoms with E-state index in [1.807, 2.05) is 40.6 Å². The molecule has 164 valence electrons. The quantitative estimate of drug-likeness (QED) is 0.509. The van der Waals surface area contributed by atoms with Crippen LogP contribution in [0.25, 0.3) is 16.8 Å². The van der Waals surface area contributed by atoms with Crippen LogP contribution >= 0.6 is 22.9 Å². The van der Waals surface area contributed by atoms with Crippen LogP contribution in [0.1, 0.15) is 23.4 Å². The van der Waals surface area contributed by atoms with Crippen molar-refractivity contribution in [1.82, 2.24) is 14.8 Å². The summed E-state index contributed by atoms with van der Waals surface area (Å²) >= 11 is 7.58. The van der Waals surface area contributed by atoms with Gasteiger partial charge in [0.15, 0.2) is 0 Å². The second-order valence-corrected chi connectivity index (χ2v) is 9.63. The molecule has 2 aromatic carbocycles. The average molecular weight is 465 g/mol. The van der Waals surface area contributed by atoms with Crippen molar-refractivity contribution in [2.45, 2.75) is 25.4 Å². The molecule has 0 spiro atoms. The maximum atomic E-state index is 10.7. The van der Waals surface area contributed by atoms with E-state index < -0.39 is 0 Å². The summed E-state index contributed by atoms with van der Waals surface area (Å²) < 4.78 is 0. The van der Waals surface area contributed by atoms with Crippen LogP contribution in [-0.2, 0) is 6.54 Å². The van der Waals surface area contributed by atoms with Crippen molar-refractivity contribution < 1.29 is 5.11 Å². The molecule has 0 saturated carbocycles. The maximum absolute atomic E-state index is 10.7. The van der Waals surface area contributed by atoms with E-state index in [0.29, 0.717) is 28.0 Å². The lowest BCUT2D eigenvalue weighted by atomic mass is 10.0. The third kappa shape index (κ3) is 4.31. The average Bonchev–Trinajstić information content (AvgIpc) is 3.39. The summed E-state index contributed by atoms with van der Waals surface area (Å²) in [6.07, 6.45) is 1.98. The molecule has 2 aliphatic rings. The molecule has 5 rings (SSSR count). The standard InChI is InChI=1S/C25H25ClN4OS/c26-19-8-4-7-18(13-19)21-16-32-25(28-21)23-22(31)15-30(24(23)27)20-9-11-29(12-10-20)14-17-5-2-1-3-6-17/h1-8,13,16,20,27,31H,9-12,14-15H2. The fraction of sp³-hybridized carbons (Fsp3) is 0.280. The molecule has 0 radical (unpaired) electrons. The number of benzene rings is 2. The predicted octanol–water partition coefficient (Wildman–Crippen LogP) is 5.69. The number of nitrogens with one attached hydrogen (secondary N) is 1. The summed E-state index contributed by atoms with van der Waals surface area (Å²) in [5.41, 5.74) is 3.65. The highest BCUT2D eigenvalue weighted by Crippen LogP contribution is 2.35. The van der Waals surface area contributed by atoms with E-state index >= 15 is 0 Å². The Morgan fingerprint density at radius 1 is 1.09 bits per heavy atom. The van der Waals surface area contributed by atoms with Crippen molar-refractivity contribution in [3.05, 3.63) is 81.3 Å². The minimum absolute atomic E-state index is 0.244. The van der Waals surface area contributed by atoms with Crippen LogP contribution in [0.2, 0.25) is 5.02 Å². The van der Waals surface area contributed by atoms with Gasteiger partial charge in [0.1, 0.15) is 16.6 Å². The number of thiazole rings is 1. The summed E-state index contributed by atoms with van der Waals surface area (Å²) in [6, 6.07) is 18.4. The van der Waals surface area contributed by atoms with E-state index in [4.69, 9.17) is 22.0 Å². The zero-order valence-electron chi connectivity index (χ0n) is 17.7. The molecule has 2 aliphatic heterocycles. The monoisotopic (exact) mass is 464 g/mol. The first kappa shape index (κ1) is 21.2. The zero-order chi connectivity index (χ0) is 22.1. The molecule has 3 heterocycles. The molecular weight excluding hydrogens is 440 g/mol. The Labute approximate surface area is 197 Å². The Bertz CT molecular complexity index is 1150. The lowest BCUT2D eigenvalue weighted by Gasteiger charge is -2.37. The van der Waals surface area contributed by atoms with Crippen molar-refractivity contribution in [1.29, 1.82) is 5.41 Å². The van der Waals surface area contributed by atoms with E-state index in [-0.39, 0.29) is 11.8 Å². The second-order valence-electron chi connectivity index (χ2n) is 8.34. The third-order valence-electron chi connectivity index (χ3n) is 6.22. The van der Waals surface area contributed by atoms with Crippen molar-refractivity contribution >= 4 is 34.3 Å². The summed E-state index contributed by atoms with van der Waals surface area (Å²) in [6.45, 7) is 3.35. The van der Waals surface area contributed by atoms with Gasteiger partial charge in [-0.25, -0.2) is 4.98 Å². The molecular formula is C25H25ClN4OS. The lowest BCUT2D eigenvalue weighted by Crippen LogP contribution is -2.45. The van der Waals surface area contributed by atoms with Crippen LogP contribution in [0.5, 0.6) is 0 Å². The molecule has 1 fully saturated rings. The van der Waals surface area contributed by atoms with Crippen molar-refractivity contribution in [3.8, 4) is 11.3 Å². The lowest BCUT2D eigenvalue weighted by molar-refractivity contribution is 0.149. The Balaban J connectivity index is 1.24. The molecule has 1 aromatic heterocycles. The number of halogens is 1. The van der Waals surface area contributed by atoms with Crippen LogP contribution < -0.4 is 0 Å². The Morgan fingerprint density at radius 3 is 2.62 bits per heavy atom. The molecule has 1 saturated heterocycles. The summed E-state index contributed by atoms with van der Waals surface area (Å²) in [7, 11) is 0. The zero-order valence-corrected chi connectivity index (χ0v) is 19.2. The first-order chi connectivity index (χ1) is 15.6. The van der Waals surface area contributed by atoms with Gasteiger partial charge in [-0.3, -0.25) is 10.3 Å². The molecule has 0 atom stereocenters. The van der Waals surface area contributed by atoms with Crippen molar-refractivity contribution in [3.63, 3.8) is 0 Å². The Kier molecular flexibility index (Phi) is 6.00. The normalized spacial score (nSPS) is 18.0. The number of amidine groups is 1. The first-order valence-corrected chi connectivity index (χ1v) is 12.1. The van der Waals surface area contributed by atoms with Crippen LogP contribution in [0, 0.1) is 5.41 Å². The fourth-order valence-corrected chi connectivity index (χ4v) is 5.62. The van der Waals surface area contributed by atoms with Gasteiger partial charge in [-0.2, -0.15) is 0 Å². The van der Waals surface area contributed by atoms with Gasteiger partial charge < -0.3 is 10.0 Å². The molecule has 0 unspecified atom stereocenters. The van der Waals surface area contributed by atoms with Gasteiger partial charge in [-0.15, -0.1) is 11.3 Å². The van der Waals surface area contributed by atoms with Crippen molar-refractivity contribution in [2.75, 3.05) is 19.6 Å². The minimum atomic E-state index is 0.244. The molecule has 32 heavy (non-hydrogen) atoms. The number of likely N-dealkylation sites (tertiary alicyclic amines) is 1. The van der Waals surface area contributed by atoms with E-state index in [1.54, 1.807) is 0 Å². The van der Waals surface area contributed by atoms with Crippen LogP contribution in [-0.4, -0.2) is 51.4 Å². The van der Waals surface area contributed by atoms with Gasteiger partial charge in [0.2, 0.25) is 0 Å². The van der Waals surface area contributed by atoms with Crippen molar-refractivity contribution in [2.24, 2.45) is 0 Å². The first-order valence-electron chi connectivity index (χ1n) is 10.8. The molecule has 0 amide bonds. The van der Waals surface area contributed by atoms with Crippen LogP contribution in [0.15, 0.2) is 65.7 Å². The number of aromatic nitrogens is 1. The van der Waals surface area contributed by atoms with Gasteiger partial charge in [0, 0.05) is 41.6 Å².